The fourth-order valence-electron chi connectivity index (χ4n) is 2.74. The van der Waals surface area contributed by atoms with Crippen molar-refractivity contribution in [2.24, 2.45) is 0 Å². The molecule has 2 aromatic rings. The van der Waals surface area contributed by atoms with Gasteiger partial charge in [-0.2, -0.15) is 0 Å². The third-order valence-corrected chi connectivity index (χ3v) is 4.59. The number of halogens is 1. The molecule has 166 valence electrons. The molecule has 2 rings (SSSR count). The molecule has 7 nitrogen and oxygen atoms in total. The smallest absolute Gasteiger partial charge is 0.251 e. The third kappa shape index (κ3) is 9.19. The van der Waals surface area contributed by atoms with Gasteiger partial charge >= 0.3 is 0 Å². The van der Waals surface area contributed by atoms with Gasteiger partial charge in [-0.15, -0.1) is 0 Å². The number of carbonyl (C=O) groups is 3. The van der Waals surface area contributed by atoms with E-state index in [1.807, 2.05) is 6.92 Å². The summed E-state index contributed by atoms with van der Waals surface area (Å²) in [5.74, 6) is -0.593. The molecule has 8 heteroatoms. The number of nitrogens with one attached hydrogen (secondary N) is 3. The summed E-state index contributed by atoms with van der Waals surface area (Å²) < 4.78 is 5.24. The monoisotopic (exact) mass is 445 g/mol. The van der Waals surface area contributed by atoms with Gasteiger partial charge in [-0.1, -0.05) is 17.7 Å². The number of rotatable bonds is 12. The predicted molar refractivity (Wildman–Crippen MR) is 122 cm³/mol. The molecule has 0 heterocycles. The first-order valence-electron chi connectivity index (χ1n) is 10.3. The zero-order valence-corrected chi connectivity index (χ0v) is 18.3. The van der Waals surface area contributed by atoms with Crippen LogP contribution in [0.1, 0.15) is 46.9 Å². The van der Waals surface area contributed by atoms with Gasteiger partial charge in [-0.3, -0.25) is 14.4 Å². The van der Waals surface area contributed by atoms with Crippen molar-refractivity contribution in [3.63, 3.8) is 0 Å². The molecule has 0 aliphatic carbocycles. The first kappa shape index (κ1) is 24.4. The molecular weight excluding hydrogens is 418 g/mol. The van der Waals surface area contributed by atoms with E-state index in [1.165, 1.54) is 0 Å². The van der Waals surface area contributed by atoms with Gasteiger partial charge in [0.05, 0.1) is 0 Å². The van der Waals surface area contributed by atoms with Crippen molar-refractivity contribution in [3.05, 3.63) is 64.7 Å². The number of hydrogen-bond acceptors (Lipinski definition) is 4. The summed E-state index contributed by atoms with van der Waals surface area (Å²) in [4.78, 5) is 36.4. The molecule has 2 aromatic carbocycles. The number of anilines is 1. The lowest BCUT2D eigenvalue weighted by molar-refractivity contribution is -0.116. The number of hydrogen-bond donors (Lipinski definition) is 3. The highest BCUT2D eigenvalue weighted by Gasteiger charge is 2.09. The van der Waals surface area contributed by atoms with Crippen LogP contribution in [0.5, 0.6) is 0 Å². The second-order valence-electron chi connectivity index (χ2n) is 6.80. The first-order chi connectivity index (χ1) is 15.0. The Morgan fingerprint density at radius 3 is 2.29 bits per heavy atom. The lowest BCUT2D eigenvalue weighted by Gasteiger charge is -2.09. The molecule has 0 saturated carbocycles. The van der Waals surface area contributed by atoms with E-state index in [9.17, 15) is 14.4 Å². The topological polar surface area (TPSA) is 96.5 Å². The van der Waals surface area contributed by atoms with Gasteiger partial charge in [0, 0.05) is 54.6 Å². The van der Waals surface area contributed by atoms with Crippen LogP contribution in [0.3, 0.4) is 0 Å². The second kappa shape index (κ2) is 13.4. The highest BCUT2D eigenvalue weighted by Crippen LogP contribution is 2.12. The molecule has 31 heavy (non-hydrogen) atoms. The van der Waals surface area contributed by atoms with Crippen LogP contribution < -0.4 is 16.0 Å². The maximum atomic E-state index is 12.2. The van der Waals surface area contributed by atoms with E-state index >= 15 is 0 Å². The molecule has 0 aromatic heterocycles. The van der Waals surface area contributed by atoms with Crippen molar-refractivity contribution < 1.29 is 19.1 Å². The molecular formula is C23H28ClN3O4. The molecule has 0 atom stereocenters. The highest BCUT2D eigenvalue weighted by molar-refractivity contribution is 6.30. The lowest BCUT2D eigenvalue weighted by atomic mass is 10.1. The van der Waals surface area contributed by atoms with E-state index < -0.39 is 0 Å². The van der Waals surface area contributed by atoms with Gasteiger partial charge in [0.1, 0.15) is 0 Å². The summed E-state index contributed by atoms with van der Waals surface area (Å²) in [6.45, 7) is 4.09. The van der Waals surface area contributed by atoms with Crippen LogP contribution in [-0.2, 0) is 9.53 Å². The van der Waals surface area contributed by atoms with Crippen LogP contribution in [0.2, 0.25) is 5.02 Å². The molecule has 0 unspecified atom stereocenters. The van der Waals surface area contributed by atoms with Crippen LogP contribution in [0.15, 0.2) is 48.5 Å². The van der Waals surface area contributed by atoms with Gasteiger partial charge in [0.15, 0.2) is 0 Å². The molecule has 0 radical (unpaired) electrons. The Morgan fingerprint density at radius 2 is 1.58 bits per heavy atom. The number of benzene rings is 2. The number of ether oxygens (including phenoxy) is 1. The van der Waals surface area contributed by atoms with Crippen LogP contribution in [0.25, 0.3) is 0 Å². The average molecular weight is 446 g/mol. The Hall–Kier alpha value is -2.90. The van der Waals surface area contributed by atoms with Gasteiger partial charge in [0.25, 0.3) is 11.8 Å². The Bertz CT molecular complexity index is 871. The van der Waals surface area contributed by atoms with Crippen molar-refractivity contribution in [2.75, 3.05) is 31.6 Å². The van der Waals surface area contributed by atoms with Crippen molar-refractivity contribution in [1.82, 2.24) is 10.6 Å². The SMILES string of the molecule is CCOCCCNC(=O)c1cccc(NC(=O)CCCNC(=O)c2ccc(Cl)cc2)c1. The lowest BCUT2D eigenvalue weighted by Crippen LogP contribution is -2.26. The minimum absolute atomic E-state index is 0.185. The van der Waals surface area contributed by atoms with Crippen LogP contribution in [0.4, 0.5) is 5.69 Å². The van der Waals surface area contributed by atoms with Gasteiger partial charge in [-0.25, -0.2) is 0 Å². The van der Waals surface area contributed by atoms with E-state index in [4.69, 9.17) is 16.3 Å². The van der Waals surface area contributed by atoms with E-state index in [1.54, 1.807) is 48.5 Å². The van der Waals surface area contributed by atoms with Crippen LogP contribution in [0, 0.1) is 0 Å². The second-order valence-corrected chi connectivity index (χ2v) is 7.24. The fraction of sp³-hybridized carbons (Fsp3) is 0.348. The Balaban J connectivity index is 1.70. The van der Waals surface area contributed by atoms with Crippen molar-refractivity contribution in [3.8, 4) is 0 Å². The fourth-order valence-corrected chi connectivity index (χ4v) is 2.86. The van der Waals surface area contributed by atoms with Gasteiger partial charge in [-0.05, 0) is 62.2 Å². The maximum Gasteiger partial charge on any atom is 0.251 e. The maximum absolute atomic E-state index is 12.2. The zero-order valence-electron chi connectivity index (χ0n) is 17.6. The standard InChI is InChI=1S/C23H28ClN3O4/c1-2-31-15-5-14-26-23(30)18-6-3-7-20(16-18)27-21(28)8-4-13-25-22(29)17-9-11-19(24)12-10-17/h3,6-7,9-12,16H,2,4-5,8,13-15H2,1H3,(H,25,29)(H,26,30)(H,27,28). The van der Waals surface area contributed by atoms with E-state index in [0.717, 1.165) is 6.42 Å². The quantitative estimate of drug-likeness (QED) is 0.434. The van der Waals surface area contributed by atoms with Crippen LogP contribution >= 0.6 is 11.6 Å². The predicted octanol–water partition coefficient (Wildman–Crippen LogP) is 3.65. The van der Waals surface area contributed by atoms with Gasteiger partial charge in [0.2, 0.25) is 5.91 Å². The Morgan fingerprint density at radius 1 is 0.903 bits per heavy atom. The van der Waals surface area contributed by atoms with Crippen LogP contribution in [-0.4, -0.2) is 44.0 Å². The summed E-state index contributed by atoms with van der Waals surface area (Å²) in [7, 11) is 0. The summed E-state index contributed by atoms with van der Waals surface area (Å²) >= 11 is 5.81. The zero-order chi connectivity index (χ0) is 22.5. The summed E-state index contributed by atoms with van der Waals surface area (Å²) in [5, 5.41) is 8.95. The molecule has 0 aliphatic rings. The number of carbonyl (C=O) groups excluding carboxylic acids is 3. The molecule has 0 saturated heterocycles. The molecule has 0 aliphatic heterocycles. The summed E-state index contributed by atoms with van der Waals surface area (Å²) in [5.41, 5.74) is 1.54. The first-order valence-corrected chi connectivity index (χ1v) is 10.7. The van der Waals surface area contributed by atoms with E-state index in [-0.39, 0.29) is 24.1 Å². The number of amides is 3. The van der Waals surface area contributed by atoms with Crippen molar-refractivity contribution in [1.29, 1.82) is 0 Å². The van der Waals surface area contributed by atoms with E-state index in [2.05, 4.69) is 16.0 Å². The minimum Gasteiger partial charge on any atom is -0.382 e. The van der Waals surface area contributed by atoms with Crippen molar-refractivity contribution >= 4 is 35.0 Å². The largest absolute Gasteiger partial charge is 0.382 e. The molecule has 3 N–H and O–H groups in total. The average Bonchev–Trinajstić information content (AvgIpc) is 2.77. The van der Waals surface area contributed by atoms with E-state index in [0.29, 0.717) is 54.6 Å². The third-order valence-electron chi connectivity index (χ3n) is 4.34. The molecule has 0 bridgehead atoms. The Labute approximate surface area is 187 Å². The normalized spacial score (nSPS) is 10.4. The van der Waals surface area contributed by atoms with Gasteiger partial charge < -0.3 is 20.7 Å². The molecule has 0 fully saturated rings. The molecule has 0 spiro atoms. The summed E-state index contributed by atoms with van der Waals surface area (Å²) in [6, 6.07) is 13.4. The van der Waals surface area contributed by atoms with Crippen molar-refractivity contribution in [2.45, 2.75) is 26.2 Å². The molecule has 3 amide bonds. The Kier molecular flexibility index (Phi) is 10.5. The minimum atomic E-state index is -0.211. The summed E-state index contributed by atoms with van der Waals surface area (Å²) in [6.07, 6.45) is 1.48. The highest BCUT2D eigenvalue weighted by atomic mass is 35.5.